The molecule has 0 radical (unpaired) electrons. The summed E-state index contributed by atoms with van der Waals surface area (Å²) < 4.78 is 1.21. The van der Waals surface area contributed by atoms with E-state index in [1.807, 2.05) is 30.3 Å². The number of carboxylic acid groups (broad SMARTS) is 1. The smallest absolute Gasteiger partial charge is 0.341 e. The van der Waals surface area contributed by atoms with Crippen molar-refractivity contribution >= 4 is 17.8 Å². The number of rotatable bonds is 5. The van der Waals surface area contributed by atoms with Crippen LogP contribution in [0.4, 0.5) is 0 Å². The normalized spacial score (nSPS) is 19.6. The van der Waals surface area contributed by atoms with E-state index in [0.717, 1.165) is 43.9 Å². The lowest BCUT2D eigenvalue weighted by molar-refractivity contribution is -0.128. The van der Waals surface area contributed by atoms with Crippen molar-refractivity contribution in [3.05, 3.63) is 63.6 Å². The summed E-state index contributed by atoms with van der Waals surface area (Å²) >= 11 is 0. The van der Waals surface area contributed by atoms with E-state index in [4.69, 9.17) is 0 Å². The summed E-state index contributed by atoms with van der Waals surface area (Å²) in [5.41, 5.74) is -1.30. The fraction of sp³-hybridized carbons (Fsp3) is 0.417. The molecule has 1 aromatic carbocycles. The van der Waals surface area contributed by atoms with Crippen LogP contribution < -0.4 is 10.7 Å². The minimum atomic E-state index is -1.51. The predicted molar refractivity (Wildman–Crippen MR) is 119 cm³/mol. The maximum Gasteiger partial charge on any atom is 0.341 e. The molecule has 1 aromatic heterocycles. The van der Waals surface area contributed by atoms with Crippen LogP contribution in [0.3, 0.4) is 0 Å². The van der Waals surface area contributed by atoms with Gasteiger partial charge in [0.1, 0.15) is 11.6 Å². The maximum absolute atomic E-state index is 13.6. The molecule has 1 saturated carbocycles. The molecule has 2 atom stereocenters. The van der Waals surface area contributed by atoms with Crippen LogP contribution in [0.5, 0.6) is 5.75 Å². The number of aromatic carboxylic acids is 1. The minimum Gasteiger partial charge on any atom is -0.503 e. The predicted octanol–water partition coefficient (Wildman–Crippen LogP) is 2.29. The molecule has 1 aliphatic heterocycles. The first-order chi connectivity index (χ1) is 15.8. The molecule has 174 valence electrons. The standard InChI is InChI=1S/C24H27N3O6/c1-14(15-8-4-2-5-9-15)27-18(22(30)25-16-10-6-3-7-11-16)13-26-12-17(24(32)33)20(28)21(29)19(26)23(27)31/h2,4-5,8-9,12,14,16,18,29H,3,6-7,10-11,13H2,1H3,(H,25,30)(H,32,33). The number of nitrogens with zero attached hydrogens (tertiary/aromatic N) is 2. The molecule has 2 amide bonds. The first-order valence-corrected chi connectivity index (χ1v) is 11.2. The lowest BCUT2D eigenvalue weighted by atomic mass is 9.94. The van der Waals surface area contributed by atoms with Gasteiger partial charge in [0.25, 0.3) is 5.91 Å². The molecule has 4 rings (SSSR count). The molecular formula is C24H27N3O6. The zero-order valence-corrected chi connectivity index (χ0v) is 18.4. The number of amides is 2. The third-order valence-corrected chi connectivity index (χ3v) is 6.58. The van der Waals surface area contributed by atoms with Gasteiger partial charge in [-0.2, -0.15) is 0 Å². The SMILES string of the molecule is CC(c1ccccc1)N1C(=O)c2c(O)c(=O)c(C(=O)O)cn2CC1C(=O)NC1CCCCC1. The molecule has 0 bridgehead atoms. The van der Waals surface area contributed by atoms with Gasteiger partial charge in [-0.25, -0.2) is 4.79 Å². The molecule has 2 aliphatic rings. The van der Waals surface area contributed by atoms with Crippen molar-refractivity contribution in [2.45, 2.75) is 63.7 Å². The average molecular weight is 453 g/mol. The van der Waals surface area contributed by atoms with Crippen molar-refractivity contribution in [3.63, 3.8) is 0 Å². The van der Waals surface area contributed by atoms with E-state index in [2.05, 4.69) is 5.32 Å². The topological polar surface area (TPSA) is 129 Å². The van der Waals surface area contributed by atoms with E-state index in [9.17, 15) is 29.4 Å². The first kappa shape index (κ1) is 22.6. The van der Waals surface area contributed by atoms with Gasteiger partial charge in [-0.05, 0) is 25.3 Å². The van der Waals surface area contributed by atoms with Crippen LogP contribution in [0, 0.1) is 0 Å². The van der Waals surface area contributed by atoms with Crippen LogP contribution in [0.25, 0.3) is 0 Å². The monoisotopic (exact) mass is 453 g/mol. The molecule has 9 heteroatoms. The number of aromatic hydroxyl groups is 1. The van der Waals surface area contributed by atoms with E-state index in [0.29, 0.717) is 0 Å². The van der Waals surface area contributed by atoms with Crippen LogP contribution in [-0.2, 0) is 11.3 Å². The molecule has 9 nitrogen and oxygen atoms in total. The molecule has 2 heterocycles. The van der Waals surface area contributed by atoms with Crippen molar-refractivity contribution in [2.24, 2.45) is 0 Å². The van der Waals surface area contributed by atoms with Crippen LogP contribution in [0.1, 0.15) is 71.5 Å². The molecule has 2 unspecified atom stereocenters. The Bertz CT molecular complexity index is 1140. The second kappa shape index (κ2) is 9.09. The third kappa shape index (κ3) is 4.22. The second-order valence-electron chi connectivity index (χ2n) is 8.69. The van der Waals surface area contributed by atoms with E-state index in [1.165, 1.54) is 9.47 Å². The Hall–Kier alpha value is -3.62. The molecule has 1 aliphatic carbocycles. The van der Waals surface area contributed by atoms with E-state index < -0.39 is 40.7 Å². The van der Waals surface area contributed by atoms with Gasteiger partial charge in [-0.3, -0.25) is 14.4 Å². The van der Waals surface area contributed by atoms with Gasteiger partial charge < -0.3 is 25.0 Å². The minimum absolute atomic E-state index is 0.0219. The number of fused-ring (bicyclic) bond motifs is 1. The molecule has 1 fully saturated rings. The lowest BCUT2D eigenvalue weighted by Gasteiger charge is -2.41. The van der Waals surface area contributed by atoms with Crippen LogP contribution in [0.2, 0.25) is 0 Å². The zero-order chi connectivity index (χ0) is 23.7. The fourth-order valence-electron chi connectivity index (χ4n) is 4.80. The summed E-state index contributed by atoms with van der Waals surface area (Å²) in [6.45, 7) is 1.70. The molecule has 3 N–H and O–H groups in total. The molecule has 0 saturated heterocycles. The van der Waals surface area contributed by atoms with Gasteiger partial charge >= 0.3 is 5.97 Å². The Morgan fingerprint density at radius 2 is 1.76 bits per heavy atom. The summed E-state index contributed by atoms with van der Waals surface area (Å²) in [6, 6.07) is 7.73. The quantitative estimate of drug-likeness (QED) is 0.637. The fourth-order valence-corrected chi connectivity index (χ4v) is 4.80. The Morgan fingerprint density at radius 3 is 2.39 bits per heavy atom. The number of carboxylic acids is 1. The highest BCUT2D eigenvalue weighted by Gasteiger charge is 2.42. The van der Waals surface area contributed by atoms with Gasteiger partial charge in [-0.15, -0.1) is 0 Å². The summed E-state index contributed by atoms with van der Waals surface area (Å²) in [5, 5.41) is 22.8. The second-order valence-corrected chi connectivity index (χ2v) is 8.69. The number of carbonyl (C=O) groups is 3. The van der Waals surface area contributed by atoms with Gasteiger partial charge in [-0.1, -0.05) is 49.6 Å². The van der Waals surface area contributed by atoms with Crippen LogP contribution in [0.15, 0.2) is 41.3 Å². The van der Waals surface area contributed by atoms with Crippen LogP contribution in [-0.4, -0.2) is 49.5 Å². The van der Waals surface area contributed by atoms with Crippen molar-refractivity contribution in [1.29, 1.82) is 0 Å². The van der Waals surface area contributed by atoms with Gasteiger partial charge in [0.15, 0.2) is 11.4 Å². The van der Waals surface area contributed by atoms with Crippen LogP contribution >= 0.6 is 0 Å². The number of nitrogens with one attached hydrogen (secondary N) is 1. The highest BCUT2D eigenvalue weighted by Crippen LogP contribution is 2.31. The largest absolute Gasteiger partial charge is 0.503 e. The molecule has 0 spiro atoms. The number of hydrogen-bond donors (Lipinski definition) is 3. The molecule has 33 heavy (non-hydrogen) atoms. The number of pyridine rings is 1. The number of aromatic nitrogens is 1. The van der Waals surface area contributed by atoms with Crippen molar-refractivity contribution in [3.8, 4) is 5.75 Å². The lowest BCUT2D eigenvalue weighted by Crippen LogP contribution is -2.57. The highest BCUT2D eigenvalue weighted by atomic mass is 16.4. The highest BCUT2D eigenvalue weighted by molar-refractivity contribution is 6.00. The third-order valence-electron chi connectivity index (χ3n) is 6.58. The summed E-state index contributed by atoms with van der Waals surface area (Å²) in [5.74, 6) is -3.47. The Balaban J connectivity index is 1.77. The number of hydrogen-bond acceptors (Lipinski definition) is 5. The molecule has 2 aromatic rings. The average Bonchev–Trinajstić information content (AvgIpc) is 2.81. The summed E-state index contributed by atoms with van der Waals surface area (Å²) in [4.78, 5) is 52.2. The van der Waals surface area contributed by atoms with E-state index >= 15 is 0 Å². The van der Waals surface area contributed by atoms with E-state index in [1.54, 1.807) is 6.92 Å². The van der Waals surface area contributed by atoms with Gasteiger partial charge in [0, 0.05) is 12.2 Å². The first-order valence-electron chi connectivity index (χ1n) is 11.2. The molecular weight excluding hydrogens is 426 g/mol. The zero-order valence-electron chi connectivity index (χ0n) is 18.4. The Kier molecular flexibility index (Phi) is 6.22. The number of carbonyl (C=O) groups excluding carboxylic acids is 2. The van der Waals surface area contributed by atoms with Crippen molar-refractivity contribution < 1.29 is 24.6 Å². The van der Waals surface area contributed by atoms with Crippen molar-refractivity contribution in [1.82, 2.24) is 14.8 Å². The Labute approximate surface area is 190 Å². The van der Waals surface area contributed by atoms with Gasteiger partial charge in [0.05, 0.1) is 12.6 Å². The van der Waals surface area contributed by atoms with E-state index in [-0.39, 0.29) is 24.2 Å². The summed E-state index contributed by atoms with van der Waals surface area (Å²) in [6.07, 6.45) is 5.95. The number of benzene rings is 1. The van der Waals surface area contributed by atoms with Gasteiger partial charge in [0.2, 0.25) is 11.3 Å². The summed E-state index contributed by atoms with van der Waals surface area (Å²) in [7, 11) is 0. The Morgan fingerprint density at radius 1 is 1.09 bits per heavy atom. The van der Waals surface area contributed by atoms with Crippen molar-refractivity contribution in [2.75, 3.05) is 0 Å². The maximum atomic E-state index is 13.6.